The van der Waals surface area contributed by atoms with E-state index in [0.717, 1.165) is 60.0 Å². The second kappa shape index (κ2) is 7.39. The Morgan fingerprint density at radius 3 is 2.82 bits per heavy atom. The molecule has 1 aliphatic heterocycles. The van der Waals surface area contributed by atoms with Crippen LogP contribution in [0.1, 0.15) is 43.0 Å². The molecule has 1 amide bonds. The van der Waals surface area contributed by atoms with Gasteiger partial charge in [0.15, 0.2) is 11.5 Å². The Bertz CT molecular complexity index is 973. The van der Waals surface area contributed by atoms with E-state index in [9.17, 15) is 4.79 Å². The summed E-state index contributed by atoms with van der Waals surface area (Å²) in [6.07, 6.45) is 2.05. The van der Waals surface area contributed by atoms with E-state index in [1.165, 1.54) is 0 Å². The van der Waals surface area contributed by atoms with E-state index in [4.69, 9.17) is 4.42 Å². The van der Waals surface area contributed by atoms with E-state index in [2.05, 4.69) is 20.3 Å². The van der Waals surface area contributed by atoms with Crippen LogP contribution in [0.5, 0.6) is 0 Å². The molecule has 0 unspecified atom stereocenters. The monoisotopic (exact) mass is 381 g/mol. The van der Waals surface area contributed by atoms with E-state index in [1.807, 2.05) is 52.1 Å². The van der Waals surface area contributed by atoms with E-state index >= 15 is 0 Å². The van der Waals surface area contributed by atoms with Crippen LogP contribution in [0.2, 0.25) is 0 Å². The zero-order valence-electron chi connectivity index (χ0n) is 16.9. The number of aromatic nitrogens is 3. The first-order valence-corrected chi connectivity index (χ1v) is 9.84. The predicted molar refractivity (Wildman–Crippen MR) is 108 cm³/mol. The summed E-state index contributed by atoms with van der Waals surface area (Å²) in [5.74, 6) is 0.980. The lowest BCUT2D eigenvalue weighted by molar-refractivity contribution is -0.121. The quantitative estimate of drug-likeness (QED) is 0.750. The summed E-state index contributed by atoms with van der Waals surface area (Å²) in [5.41, 5.74) is 4.32. The maximum Gasteiger partial charge on any atom is 0.241 e. The van der Waals surface area contributed by atoms with Gasteiger partial charge in [-0.3, -0.25) is 14.4 Å². The zero-order valence-corrected chi connectivity index (χ0v) is 16.9. The number of piperidine rings is 1. The lowest BCUT2D eigenvalue weighted by atomic mass is 9.96. The van der Waals surface area contributed by atoms with E-state index in [1.54, 1.807) is 4.68 Å². The molecule has 4 rings (SSSR count). The maximum atomic E-state index is 12.9. The Labute approximate surface area is 164 Å². The van der Waals surface area contributed by atoms with Crippen LogP contribution >= 0.6 is 0 Å². The van der Waals surface area contributed by atoms with Gasteiger partial charge in [-0.05, 0) is 52.3 Å². The predicted octanol–water partition coefficient (Wildman–Crippen LogP) is 3.38. The summed E-state index contributed by atoms with van der Waals surface area (Å²) in [5, 5.41) is 7.45. The summed E-state index contributed by atoms with van der Waals surface area (Å²) in [4.78, 5) is 19.8. The number of aryl methyl sites for hydroxylation is 2. The number of carbonyl (C=O) groups is 1. The molecular weight excluding hydrogens is 354 g/mol. The molecule has 0 radical (unpaired) electrons. The van der Waals surface area contributed by atoms with Crippen LogP contribution in [-0.4, -0.2) is 44.7 Å². The highest BCUT2D eigenvalue weighted by Gasteiger charge is 2.31. The van der Waals surface area contributed by atoms with Crippen LogP contribution in [0.3, 0.4) is 0 Å². The summed E-state index contributed by atoms with van der Waals surface area (Å²) >= 11 is 0. The minimum Gasteiger partial charge on any atom is -0.440 e. The number of amides is 1. The third-order valence-corrected chi connectivity index (χ3v) is 5.80. The average molecular weight is 381 g/mol. The van der Waals surface area contributed by atoms with Gasteiger partial charge in [-0.25, -0.2) is 4.98 Å². The molecule has 1 N–H and O–H groups in total. The van der Waals surface area contributed by atoms with Crippen molar-refractivity contribution in [3.05, 3.63) is 41.5 Å². The molecule has 2 atom stereocenters. The van der Waals surface area contributed by atoms with Gasteiger partial charge < -0.3 is 9.73 Å². The number of likely N-dealkylation sites (tertiary alicyclic amines) is 1. The Morgan fingerprint density at radius 1 is 1.32 bits per heavy atom. The molecule has 148 valence electrons. The fraction of sp³-hybridized carbons (Fsp3) is 0.476. The SMILES string of the molecule is Cc1nn(C)c(C)c1NC(=O)[C@H](C)N1CCC[C@@H](c2nc3ccccc3o2)C1. The summed E-state index contributed by atoms with van der Waals surface area (Å²) in [6.45, 7) is 7.51. The molecule has 1 saturated heterocycles. The first-order chi connectivity index (χ1) is 13.4. The maximum absolute atomic E-state index is 12.9. The van der Waals surface area contributed by atoms with Crippen molar-refractivity contribution in [3.63, 3.8) is 0 Å². The van der Waals surface area contributed by atoms with Crippen LogP contribution in [0.15, 0.2) is 28.7 Å². The average Bonchev–Trinajstić information content (AvgIpc) is 3.24. The van der Waals surface area contributed by atoms with E-state index in [0.29, 0.717) is 0 Å². The molecule has 0 aliphatic carbocycles. The normalized spacial score (nSPS) is 19.1. The van der Waals surface area contributed by atoms with Crippen LogP contribution in [-0.2, 0) is 11.8 Å². The molecule has 0 saturated carbocycles. The number of hydrogen-bond donors (Lipinski definition) is 1. The summed E-state index contributed by atoms with van der Waals surface area (Å²) in [6, 6.07) is 7.61. The molecule has 2 aromatic heterocycles. The Balaban J connectivity index is 1.46. The van der Waals surface area contributed by atoms with Crippen LogP contribution in [0.25, 0.3) is 11.1 Å². The number of nitrogens with zero attached hydrogens (tertiary/aromatic N) is 4. The number of benzene rings is 1. The Kier molecular flexibility index (Phi) is 4.93. The molecule has 1 aliphatic rings. The first-order valence-electron chi connectivity index (χ1n) is 9.84. The smallest absolute Gasteiger partial charge is 0.241 e. The van der Waals surface area contributed by atoms with Gasteiger partial charge in [-0.15, -0.1) is 0 Å². The third kappa shape index (κ3) is 3.42. The van der Waals surface area contributed by atoms with Crippen molar-refractivity contribution in [1.29, 1.82) is 0 Å². The molecule has 7 nitrogen and oxygen atoms in total. The van der Waals surface area contributed by atoms with Gasteiger partial charge in [0, 0.05) is 19.5 Å². The number of rotatable bonds is 4. The summed E-state index contributed by atoms with van der Waals surface area (Å²) < 4.78 is 7.77. The van der Waals surface area contributed by atoms with Crippen molar-refractivity contribution in [2.24, 2.45) is 7.05 Å². The zero-order chi connectivity index (χ0) is 19.8. The highest BCUT2D eigenvalue weighted by Crippen LogP contribution is 2.30. The van der Waals surface area contributed by atoms with Gasteiger partial charge in [0.05, 0.1) is 23.1 Å². The molecule has 3 aromatic rings. The van der Waals surface area contributed by atoms with Crippen molar-refractivity contribution >= 4 is 22.7 Å². The number of fused-ring (bicyclic) bond motifs is 1. The summed E-state index contributed by atoms with van der Waals surface area (Å²) in [7, 11) is 1.89. The topological polar surface area (TPSA) is 76.2 Å². The molecule has 1 fully saturated rings. The Hall–Kier alpha value is -2.67. The third-order valence-electron chi connectivity index (χ3n) is 5.80. The van der Waals surface area contributed by atoms with Crippen molar-refractivity contribution in [3.8, 4) is 0 Å². The molecule has 0 bridgehead atoms. The molecular formula is C21H27N5O2. The molecule has 0 spiro atoms. The van der Waals surface area contributed by atoms with Crippen molar-refractivity contribution in [2.75, 3.05) is 18.4 Å². The second-order valence-electron chi connectivity index (χ2n) is 7.69. The second-order valence-corrected chi connectivity index (χ2v) is 7.69. The largest absolute Gasteiger partial charge is 0.440 e. The fourth-order valence-corrected chi connectivity index (χ4v) is 3.97. The first kappa shape index (κ1) is 18.7. The number of nitrogens with one attached hydrogen (secondary N) is 1. The van der Waals surface area contributed by atoms with Gasteiger partial charge in [-0.2, -0.15) is 5.10 Å². The fourth-order valence-electron chi connectivity index (χ4n) is 3.97. The van der Waals surface area contributed by atoms with Crippen molar-refractivity contribution in [2.45, 2.75) is 45.6 Å². The molecule has 7 heteroatoms. The van der Waals surface area contributed by atoms with Gasteiger partial charge in [0.2, 0.25) is 5.91 Å². The number of carbonyl (C=O) groups excluding carboxylic acids is 1. The number of anilines is 1. The number of hydrogen-bond acceptors (Lipinski definition) is 5. The minimum absolute atomic E-state index is 0.00239. The van der Waals surface area contributed by atoms with Crippen LogP contribution in [0.4, 0.5) is 5.69 Å². The van der Waals surface area contributed by atoms with Gasteiger partial charge in [-0.1, -0.05) is 12.1 Å². The highest BCUT2D eigenvalue weighted by molar-refractivity contribution is 5.95. The van der Waals surface area contributed by atoms with Crippen LogP contribution < -0.4 is 5.32 Å². The highest BCUT2D eigenvalue weighted by atomic mass is 16.3. The van der Waals surface area contributed by atoms with Gasteiger partial charge in [0.25, 0.3) is 0 Å². The van der Waals surface area contributed by atoms with Crippen molar-refractivity contribution < 1.29 is 9.21 Å². The van der Waals surface area contributed by atoms with E-state index < -0.39 is 0 Å². The minimum atomic E-state index is -0.230. The molecule has 1 aromatic carbocycles. The number of para-hydroxylation sites is 2. The van der Waals surface area contributed by atoms with E-state index in [-0.39, 0.29) is 17.9 Å². The lowest BCUT2D eigenvalue weighted by Crippen LogP contribution is -2.46. The van der Waals surface area contributed by atoms with Gasteiger partial charge in [0.1, 0.15) is 5.52 Å². The number of oxazole rings is 1. The van der Waals surface area contributed by atoms with Crippen molar-refractivity contribution in [1.82, 2.24) is 19.7 Å². The van der Waals surface area contributed by atoms with Crippen LogP contribution in [0, 0.1) is 13.8 Å². The standard InChI is InChI=1S/C21H27N5O2/c1-13-19(14(2)25(4)24-13)23-20(27)15(3)26-11-7-8-16(12-26)21-22-17-9-5-6-10-18(17)28-21/h5-6,9-10,15-16H,7-8,11-12H2,1-4H3,(H,23,27)/t15-,16+/m0/s1. The molecule has 28 heavy (non-hydrogen) atoms. The lowest BCUT2D eigenvalue weighted by Gasteiger charge is -2.34. The Morgan fingerprint density at radius 2 is 2.11 bits per heavy atom. The molecule has 3 heterocycles. The van der Waals surface area contributed by atoms with Gasteiger partial charge >= 0.3 is 0 Å².